The number of halogens is 3. The van der Waals surface area contributed by atoms with Gasteiger partial charge in [-0.3, -0.25) is 19.6 Å². The van der Waals surface area contributed by atoms with E-state index < -0.39 is 18.0 Å². The molecule has 1 saturated heterocycles. The van der Waals surface area contributed by atoms with E-state index in [1.165, 1.54) is 19.2 Å². The van der Waals surface area contributed by atoms with Gasteiger partial charge in [0.25, 0.3) is 0 Å². The molecule has 3 heterocycles. The fourth-order valence-electron chi connectivity index (χ4n) is 3.89. The molecule has 0 bridgehead atoms. The highest BCUT2D eigenvalue weighted by atomic mass is 19.4. The van der Waals surface area contributed by atoms with Crippen LogP contribution in [-0.2, 0) is 22.2 Å². The fraction of sp³-hybridized carbons (Fsp3) is 0.478. The van der Waals surface area contributed by atoms with Crippen LogP contribution in [0.5, 0.6) is 0 Å². The lowest BCUT2D eigenvalue weighted by molar-refractivity contribution is -0.141. The van der Waals surface area contributed by atoms with E-state index in [2.05, 4.69) is 9.97 Å². The summed E-state index contributed by atoms with van der Waals surface area (Å²) < 4.78 is 38.3. The summed E-state index contributed by atoms with van der Waals surface area (Å²) in [4.78, 5) is 35.4. The Morgan fingerprint density at radius 2 is 1.94 bits per heavy atom. The van der Waals surface area contributed by atoms with Crippen LogP contribution in [0.3, 0.4) is 0 Å². The van der Waals surface area contributed by atoms with E-state index in [0.717, 1.165) is 25.1 Å². The van der Waals surface area contributed by atoms with Crippen molar-refractivity contribution in [1.82, 2.24) is 19.8 Å². The summed E-state index contributed by atoms with van der Waals surface area (Å²) in [6.45, 7) is 3.16. The molecule has 3 rings (SSSR count). The third kappa shape index (κ3) is 6.98. The first-order valence-corrected chi connectivity index (χ1v) is 10.8. The highest BCUT2D eigenvalue weighted by Gasteiger charge is 2.32. The molecular weight excluding hydrogens is 437 g/mol. The Hall–Kier alpha value is -3.01. The Kier molecular flexibility index (Phi) is 8.01. The van der Waals surface area contributed by atoms with Gasteiger partial charge in [-0.2, -0.15) is 13.2 Å². The van der Waals surface area contributed by atoms with Crippen molar-refractivity contribution in [1.29, 1.82) is 0 Å². The lowest BCUT2D eigenvalue weighted by atomic mass is 9.95. The zero-order valence-electron chi connectivity index (χ0n) is 18.3. The molecule has 2 aromatic heterocycles. The van der Waals surface area contributed by atoms with Gasteiger partial charge in [0, 0.05) is 50.7 Å². The molecule has 2 aromatic rings. The average molecular weight is 464 g/mol. The van der Waals surface area contributed by atoms with Gasteiger partial charge in [0.05, 0.1) is 19.1 Å². The maximum atomic E-state index is 13.1. The Bertz CT molecular complexity index is 930. The van der Waals surface area contributed by atoms with Gasteiger partial charge in [-0.25, -0.2) is 0 Å². The first-order chi connectivity index (χ1) is 15.6. The average Bonchev–Trinajstić information content (AvgIpc) is 2.79. The lowest BCUT2D eigenvalue weighted by Gasteiger charge is -2.35. The number of aliphatic hydroxyl groups is 1. The van der Waals surface area contributed by atoms with Gasteiger partial charge in [-0.15, -0.1) is 0 Å². The van der Waals surface area contributed by atoms with Crippen molar-refractivity contribution in [2.45, 2.75) is 38.5 Å². The molecule has 1 N–H and O–H groups in total. The number of piperidine rings is 1. The van der Waals surface area contributed by atoms with E-state index in [0.29, 0.717) is 30.8 Å². The van der Waals surface area contributed by atoms with Crippen LogP contribution in [0.1, 0.15) is 42.7 Å². The van der Waals surface area contributed by atoms with Crippen LogP contribution in [0.2, 0.25) is 0 Å². The van der Waals surface area contributed by atoms with Crippen molar-refractivity contribution in [3.63, 3.8) is 0 Å². The molecule has 2 amide bonds. The van der Waals surface area contributed by atoms with E-state index in [-0.39, 0.29) is 30.7 Å². The normalized spacial score (nSPS) is 15.8. The number of aromatic nitrogens is 2. The third-order valence-corrected chi connectivity index (χ3v) is 5.82. The van der Waals surface area contributed by atoms with E-state index in [1.807, 2.05) is 0 Å². The molecule has 0 radical (unpaired) electrons. The molecule has 1 fully saturated rings. The third-order valence-electron chi connectivity index (χ3n) is 5.82. The van der Waals surface area contributed by atoms with Crippen LogP contribution < -0.4 is 0 Å². The zero-order chi connectivity index (χ0) is 24.0. The van der Waals surface area contributed by atoms with Gasteiger partial charge in [0.1, 0.15) is 5.69 Å². The summed E-state index contributed by atoms with van der Waals surface area (Å²) in [6.07, 6.45) is 0.00178. The monoisotopic (exact) mass is 464 g/mol. The van der Waals surface area contributed by atoms with Crippen LogP contribution in [0, 0.1) is 5.92 Å². The van der Waals surface area contributed by atoms with Gasteiger partial charge in [-0.1, -0.05) is 12.1 Å². The van der Waals surface area contributed by atoms with Crippen LogP contribution in [-0.4, -0.2) is 62.9 Å². The predicted molar refractivity (Wildman–Crippen MR) is 114 cm³/mol. The highest BCUT2D eigenvalue weighted by molar-refractivity contribution is 5.78. The second-order valence-electron chi connectivity index (χ2n) is 8.28. The van der Waals surface area contributed by atoms with Crippen LogP contribution in [0.15, 0.2) is 42.9 Å². The van der Waals surface area contributed by atoms with E-state index in [4.69, 9.17) is 0 Å². The number of amides is 2. The minimum absolute atomic E-state index is 0.0168. The molecule has 10 heteroatoms. The number of hydrogen-bond acceptors (Lipinski definition) is 5. The van der Waals surface area contributed by atoms with Gasteiger partial charge in [0.15, 0.2) is 0 Å². The molecular formula is C23H27F3N4O3. The van der Waals surface area contributed by atoms with Crippen molar-refractivity contribution in [3.05, 3.63) is 59.7 Å². The number of carbonyl (C=O) groups excluding carboxylic acids is 2. The van der Waals surface area contributed by atoms with E-state index >= 15 is 0 Å². The lowest BCUT2D eigenvalue weighted by Crippen LogP contribution is -2.44. The minimum Gasteiger partial charge on any atom is -0.386 e. The predicted octanol–water partition coefficient (Wildman–Crippen LogP) is 2.86. The molecule has 178 valence electrons. The summed E-state index contributed by atoms with van der Waals surface area (Å²) in [5.41, 5.74) is -0.0852. The number of hydrogen-bond donors (Lipinski definition) is 1. The smallest absolute Gasteiger partial charge is 0.386 e. The van der Waals surface area contributed by atoms with Crippen molar-refractivity contribution in [3.8, 4) is 0 Å². The summed E-state index contributed by atoms with van der Waals surface area (Å²) in [7, 11) is 0. The molecule has 1 unspecified atom stereocenters. The Balaban J connectivity index is 1.70. The van der Waals surface area contributed by atoms with Crippen molar-refractivity contribution >= 4 is 11.8 Å². The number of aliphatic hydroxyl groups excluding tert-OH is 1. The summed E-state index contributed by atoms with van der Waals surface area (Å²) in [6, 6.07) is 5.51. The largest absolute Gasteiger partial charge is 0.433 e. The number of alkyl halides is 3. The molecule has 1 aliphatic heterocycles. The first kappa shape index (κ1) is 24.6. The highest BCUT2D eigenvalue weighted by Crippen LogP contribution is 2.27. The summed E-state index contributed by atoms with van der Waals surface area (Å²) in [5, 5.41) is 10.7. The van der Waals surface area contributed by atoms with E-state index in [9.17, 15) is 27.9 Å². The Morgan fingerprint density at radius 1 is 1.21 bits per heavy atom. The Morgan fingerprint density at radius 3 is 2.48 bits per heavy atom. The Labute approximate surface area is 190 Å². The van der Waals surface area contributed by atoms with Gasteiger partial charge in [-0.05, 0) is 36.5 Å². The second kappa shape index (κ2) is 10.7. The van der Waals surface area contributed by atoms with Crippen molar-refractivity contribution in [2.75, 3.05) is 26.2 Å². The number of carbonyl (C=O) groups is 2. The topological polar surface area (TPSA) is 86.6 Å². The number of pyridine rings is 2. The van der Waals surface area contributed by atoms with E-state index in [1.54, 1.807) is 28.1 Å². The number of likely N-dealkylation sites (tertiary alicyclic amines) is 1. The molecule has 33 heavy (non-hydrogen) atoms. The van der Waals surface area contributed by atoms with Crippen molar-refractivity contribution in [2.24, 2.45) is 5.92 Å². The molecule has 1 atom stereocenters. The second-order valence-corrected chi connectivity index (χ2v) is 8.28. The maximum absolute atomic E-state index is 13.1. The minimum atomic E-state index is -4.54. The maximum Gasteiger partial charge on any atom is 0.433 e. The summed E-state index contributed by atoms with van der Waals surface area (Å²) in [5.74, 6) is -0.145. The molecule has 0 saturated carbocycles. The fourth-order valence-corrected chi connectivity index (χ4v) is 3.89. The number of rotatable bonds is 7. The first-order valence-electron chi connectivity index (χ1n) is 10.8. The zero-order valence-corrected chi connectivity index (χ0v) is 18.3. The molecule has 1 aliphatic rings. The standard InChI is InChI=1S/C23H27F3N4O3/c1-16(31)29-9-6-17(7-10-29)14-30(15-20(32)19-3-2-8-27-13-19)22(33)11-18-4-5-21(28-12-18)23(24,25)26/h2-5,8,12-13,17,20,32H,6-7,9-11,14-15H2,1H3. The summed E-state index contributed by atoms with van der Waals surface area (Å²) >= 11 is 0. The van der Waals surface area contributed by atoms with Crippen LogP contribution >= 0.6 is 0 Å². The molecule has 0 spiro atoms. The van der Waals surface area contributed by atoms with Gasteiger partial charge >= 0.3 is 6.18 Å². The van der Waals surface area contributed by atoms with Crippen LogP contribution in [0.25, 0.3) is 0 Å². The van der Waals surface area contributed by atoms with Crippen molar-refractivity contribution < 1.29 is 27.9 Å². The van der Waals surface area contributed by atoms with Gasteiger partial charge in [0.2, 0.25) is 11.8 Å². The SMILES string of the molecule is CC(=O)N1CCC(CN(CC(O)c2cccnc2)C(=O)Cc2ccc(C(F)(F)F)nc2)CC1. The number of nitrogens with zero attached hydrogens (tertiary/aromatic N) is 4. The molecule has 0 aromatic carbocycles. The molecule has 7 nitrogen and oxygen atoms in total. The van der Waals surface area contributed by atoms with Gasteiger partial charge < -0.3 is 14.9 Å². The van der Waals surface area contributed by atoms with Crippen LogP contribution in [0.4, 0.5) is 13.2 Å². The molecule has 0 aliphatic carbocycles. The quantitative estimate of drug-likeness (QED) is 0.681.